The van der Waals surface area contributed by atoms with Gasteiger partial charge in [0, 0.05) is 0 Å². The Bertz CT molecular complexity index is 699. The molecule has 22 heavy (non-hydrogen) atoms. The maximum absolute atomic E-state index is 13.6. The number of anilines is 1. The van der Waals surface area contributed by atoms with Gasteiger partial charge in [0.2, 0.25) is 0 Å². The minimum Gasteiger partial charge on any atom is -0.452 e. The third kappa shape index (κ3) is 4.12. The Morgan fingerprint density at radius 2 is 1.77 bits per heavy atom. The third-order valence-corrected chi connectivity index (χ3v) is 2.81. The van der Waals surface area contributed by atoms with E-state index in [4.69, 9.17) is 4.74 Å². The standard InChI is InChI=1S/C16H13F2NO3/c1-10-2-7-14(13(18)8-10)19-15(20)9-22-16(21)11-3-5-12(17)6-4-11/h2-8H,9H2,1H3,(H,19,20). The fourth-order valence-electron chi connectivity index (χ4n) is 1.71. The Labute approximate surface area is 125 Å². The molecule has 0 aromatic heterocycles. The lowest BCUT2D eigenvalue weighted by Gasteiger charge is -2.08. The van der Waals surface area contributed by atoms with Crippen molar-refractivity contribution in [3.8, 4) is 0 Å². The van der Waals surface area contributed by atoms with Crippen LogP contribution in [0.15, 0.2) is 42.5 Å². The second-order valence-corrected chi connectivity index (χ2v) is 4.61. The zero-order valence-corrected chi connectivity index (χ0v) is 11.7. The predicted molar refractivity (Wildman–Crippen MR) is 76.4 cm³/mol. The van der Waals surface area contributed by atoms with Gasteiger partial charge < -0.3 is 10.1 Å². The van der Waals surface area contributed by atoms with Gasteiger partial charge in [-0.2, -0.15) is 0 Å². The summed E-state index contributed by atoms with van der Waals surface area (Å²) >= 11 is 0. The van der Waals surface area contributed by atoms with Gasteiger partial charge in [-0.15, -0.1) is 0 Å². The van der Waals surface area contributed by atoms with Gasteiger partial charge >= 0.3 is 5.97 Å². The summed E-state index contributed by atoms with van der Waals surface area (Å²) in [6, 6.07) is 9.05. The van der Waals surface area contributed by atoms with E-state index in [-0.39, 0.29) is 11.3 Å². The van der Waals surface area contributed by atoms with Gasteiger partial charge in [0.15, 0.2) is 6.61 Å². The summed E-state index contributed by atoms with van der Waals surface area (Å²) in [6.07, 6.45) is 0. The maximum atomic E-state index is 13.6. The van der Waals surface area contributed by atoms with Crippen molar-refractivity contribution in [1.82, 2.24) is 0 Å². The van der Waals surface area contributed by atoms with E-state index in [9.17, 15) is 18.4 Å². The number of halogens is 2. The molecule has 0 radical (unpaired) electrons. The first-order valence-corrected chi connectivity index (χ1v) is 6.44. The first-order chi connectivity index (χ1) is 10.5. The number of hydrogen-bond donors (Lipinski definition) is 1. The van der Waals surface area contributed by atoms with Gasteiger partial charge in [-0.05, 0) is 48.9 Å². The van der Waals surface area contributed by atoms with Crippen LogP contribution in [0, 0.1) is 18.6 Å². The Morgan fingerprint density at radius 3 is 2.41 bits per heavy atom. The average Bonchev–Trinajstić information content (AvgIpc) is 2.48. The van der Waals surface area contributed by atoms with Crippen LogP contribution in [0.3, 0.4) is 0 Å². The molecule has 0 aliphatic rings. The molecule has 2 rings (SSSR count). The number of benzene rings is 2. The van der Waals surface area contributed by atoms with E-state index in [1.807, 2.05) is 0 Å². The van der Waals surface area contributed by atoms with E-state index < -0.39 is 30.1 Å². The molecule has 0 fully saturated rings. The molecule has 0 saturated carbocycles. The molecule has 2 aromatic rings. The fourth-order valence-corrected chi connectivity index (χ4v) is 1.71. The van der Waals surface area contributed by atoms with Crippen molar-refractivity contribution in [2.45, 2.75) is 6.92 Å². The zero-order valence-electron chi connectivity index (χ0n) is 11.7. The molecular formula is C16H13F2NO3. The number of aryl methyl sites for hydroxylation is 1. The van der Waals surface area contributed by atoms with Crippen LogP contribution < -0.4 is 5.32 Å². The number of esters is 1. The SMILES string of the molecule is Cc1ccc(NC(=O)COC(=O)c2ccc(F)cc2)c(F)c1. The van der Waals surface area contributed by atoms with Crippen molar-refractivity contribution < 1.29 is 23.1 Å². The summed E-state index contributed by atoms with van der Waals surface area (Å²) in [4.78, 5) is 23.3. The van der Waals surface area contributed by atoms with Gasteiger partial charge in [-0.1, -0.05) is 6.07 Å². The highest BCUT2D eigenvalue weighted by Gasteiger charge is 2.12. The minimum atomic E-state index is -0.764. The van der Waals surface area contributed by atoms with Gasteiger partial charge in [-0.25, -0.2) is 13.6 Å². The van der Waals surface area contributed by atoms with Crippen LogP contribution in [0.5, 0.6) is 0 Å². The number of amides is 1. The zero-order chi connectivity index (χ0) is 16.1. The van der Waals surface area contributed by atoms with Crippen LogP contribution in [-0.2, 0) is 9.53 Å². The maximum Gasteiger partial charge on any atom is 0.338 e. The summed E-state index contributed by atoms with van der Waals surface area (Å²) in [5, 5.41) is 2.30. The second kappa shape index (κ2) is 6.80. The molecule has 0 atom stereocenters. The Balaban J connectivity index is 1.89. The lowest BCUT2D eigenvalue weighted by atomic mass is 10.2. The van der Waals surface area contributed by atoms with Crippen molar-refractivity contribution in [3.05, 3.63) is 65.2 Å². The number of carbonyl (C=O) groups excluding carboxylic acids is 2. The molecule has 0 aliphatic heterocycles. The van der Waals surface area contributed by atoms with E-state index in [0.29, 0.717) is 0 Å². The van der Waals surface area contributed by atoms with E-state index in [1.165, 1.54) is 24.3 Å². The van der Waals surface area contributed by atoms with Crippen LogP contribution in [-0.4, -0.2) is 18.5 Å². The summed E-state index contributed by atoms with van der Waals surface area (Å²) in [6.45, 7) is 1.16. The van der Waals surface area contributed by atoms with Crippen LogP contribution >= 0.6 is 0 Å². The van der Waals surface area contributed by atoms with Crippen LogP contribution in [0.25, 0.3) is 0 Å². The summed E-state index contributed by atoms with van der Waals surface area (Å²) < 4.78 is 31.0. The van der Waals surface area contributed by atoms with Crippen molar-refractivity contribution in [2.75, 3.05) is 11.9 Å². The molecule has 114 valence electrons. The van der Waals surface area contributed by atoms with Gasteiger partial charge in [0.25, 0.3) is 5.91 Å². The Kier molecular flexibility index (Phi) is 4.83. The molecule has 0 unspecified atom stereocenters. The number of hydrogen-bond acceptors (Lipinski definition) is 3. The highest BCUT2D eigenvalue weighted by Crippen LogP contribution is 2.15. The molecule has 0 heterocycles. The molecule has 0 aliphatic carbocycles. The summed E-state index contributed by atoms with van der Waals surface area (Å²) in [7, 11) is 0. The molecule has 1 amide bonds. The quantitative estimate of drug-likeness (QED) is 0.883. The normalized spacial score (nSPS) is 10.1. The van der Waals surface area contributed by atoms with E-state index in [0.717, 1.165) is 17.7 Å². The molecule has 0 bridgehead atoms. The first-order valence-electron chi connectivity index (χ1n) is 6.44. The second-order valence-electron chi connectivity index (χ2n) is 4.61. The molecule has 6 heteroatoms. The minimum absolute atomic E-state index is 0.00781. The number of rotatable bonds is 4. The van der Waals surface area contributed by atoms with Gasteiger partial charge in [0.1, 0.15) is 11.6 Å². The smallest absolute Gasteiger partial charge is 0.338 e. The van der Waals surface area contributed by atoms with Gasteiger partial charge in [0.05, 0.1) is 11.3 Å². The number of ether oxygens (including phenoxy) is 1. The van der Waals surface area contributed by atoms with Crippen molar-refractivity contribution >= 4 is 17.6 Å². The number of carbonyl (C=O) groups is 2. The Morgan fingerprint density at radius 1 is 1.09 bits per heavy atom. The lowest BCUT2D eigenvalue weighted by Crippen LogP contribution is -2.21. The fraction of sp³-hybridized carbons (Fsp3) is 0.125. The number of nitrogens with one attached hydrogen (secondary N) is 1. The topological polar surface area (TPSA) is 55.4 Å². The first kappa shape index (κ1) is 15.6. The van der Waals surface area contributed by atoms with E-state index in [2.05, 4.69) is 5.32 Å². The van der Waals surface area contributed by atoms with Crippen molar-refractivity contribution in [3.63, 3.8) is 0 Å². The van der Waals surface area contributed by atoms with Crippen LogP contribution in [0.4, 0.5) is 14.5 Å². The molecular weight excluding hydrogens is 292 g/mol. The highest BCUT2D eigenvalue weighted by atomic mass is 19.1. The summed E-state index contributed by atoms with van der Waals surface area (Å²) in [5.41, 5.74) is 0.849. The molecule has 2 aromatic carbocycles. The van der Waals surface area contributed by atoms with Crippen molar-refractivity contribution in [2.24, 2.45) is 0 Å². The molecule has 0 saturated heterocycles. The van der Waals surface area contributed by atoms with Crippen molar-refractivity contribution in [1.29, 1.82) is 0 Å². The average molecular weight is 305 g/mol. The molecule has 4 nitrogen and oxygen atoms in total. The largest absolute Gasteiger partial charge is 0.452 e. The van der Waals surface area contributed by atoms with Crippen LogP contribution in [0.2, 0.25) is 0 Å². The lowest BCUT2D eigenvalue weighted by molar-refractivity contribution is -0.119. The third-order valence-electron chi connectivity index (χ3n) is 2.81. The molecule has 0 spiro atoms. The predicted octanol–water partition coefficient (Wildman–Crippen LogP) is 3.07. The van der Waals surface area contributed by atoms with Gasteiger partial charge in [-0.3, -0.25) is 4.79 Å². The Hall–Kier alpha value is -2.76. The van der Waals surface area contributed by atoms with E-state index >= 15 is 0 Å². The molecule has 1 N–H and O–H groups in total. The van der Waals surface area contributed by atoms with E-state index in [1.54, 1.807) is 13.0 Å². The summed E-state index contributed by atoms with van der Waals surface area (Å²) in [5.74, 6) is -2.49. The highest BCUT2D eigenvalue weighted by molar-refractivity contribution is 5.95. The van der Waals surface area contributed by atoms with Crippen LogP contribution in [0.1, 0.15) is 15.9 Å². The monoisotopic (exact) mass is 305 g/mol.